The fourth-order valence-electron chi connectivity index (χ4n) is 3.21. The van der Waals surface area contributed by atoms with E-state index in [4.69, 9.17) is 10.5 Å². The van der Waals surface area contributed by atoms with Crippen LogP contribution in [0.2, 0.25) is 0 Å². The molecule has 2 aliphatic rings. The molecule has 1 saturated heterocycles. The lowest BCUT2D eigenvalue weighted by molar-refractivity contribution is -0.125. The van der Waals surface area contributed by atoms with E-state index in [9.17, 15) is 9.59 Å². The molecule has 1 aliphatic carbocycles. The Labute approximate surface area is 142 Å². The molecule has 0 radical (unpaired) electrons. The molecule has 130 valence electrons. The minimum Gasteiger partial charge on any atom is -0.484 e. The van der Waals surface area contributed by atoms with Gasteiger partial charge in [0.25, 0.3) is 5.91 Å². The smallest absolute Gasteiger partial charge is 0.258 e. The second kappa shape index (κ2) is 6.81. The first-order valence-electron chi connectivity index (χ1n) is 8.56. The maximum absolute atomic E-state index is 12.2. The monoisotopic (exact) mass is 331 g/mol. The second-order valence-corrected chi connectivity index (χ2v) is 6.88. The number of amides is 2. The lowest BCUT2D eigenvalue weighted by atomic mass is 9.96. The number of nitrogens with zero attached hydrogens (tertiary/aromatic N) is 1. The minimum absolute atomic E-state index is 0.0558. The number of nitrogens with two attached hydrogens (primary N) is 1. The summed E-state index contributed by atoms with van der Waals surface area (Å²) < 4.78 is 5.60. The molecule has 1 aliphatic heterocycles. The van der Waals surface area contributed by atoms with Gasteiger partial charge in [-0.25, -0.2) is 0 Å². The van der Waals surface area contributed by atoms with Crippen LogP contribution in [0.1, 0.15) is 32.6 Å². The molecular weight excluding hydrogens is 306 g/mol. The Hall–Kier alpha value is -2.08. The number of hydrogen-bond donors (Lipinski definition) is 2. The zero-order valence-electron chi connectivity index (χ0n) is 14.1. The van der Waals surface area contributed by atoms with Crippen LogP contribution >= 0.6 is 0 Å². The van der Waals surface area contributed by atoms with Crippen molar-refractivity contribution in [2.45, 2.75) is 38.1 Å². The predicted octanol–water partition coefficient (Wildman–Crippen LogP) is 1.44. The molecule has 24 heavy (non-hydrogen) atoms. The molecule has 1 aromatic carbocycles. The fraction of sp³-hybridized carbons (Fsp3) is 0.556. The first kappa shape index (κ1) is 16.8. The third kappa shape index (κ3) is 3.70. The van der Waals surface area contributed by atoms with Gasteiger partial charge < -0.3 is 20.7 Å². The molecule has 1 atom stereocenters. The number of anilines is 1. The van der Waals surface area contributed by atoms with Crippen LogP contribution in [0.3, 0.4) is 0 Å². The normalized spacial score (nSPS) is 19.9. The molecule has 1 heterocycles. The highest BCUT2D eigenvalue weighted by molar-refractivity contribution is 5.95. The van der Waals surface area contributed by atoms with Gasteiger partial charge in [-0.05, 0) is 44.2 Å². The summed E-state index contributed by atoms with van der Waals surface area (Å²) in [6.45, 7) is 3.09. The lowest BCUT2D eigenvalue weighted by Crippen LogP contribution is -2.54. The molecule has 6 heteroatoms. The standard InChI is InChI=1S/C18H25N3O3/c1-18(12-19,13-7-8-13)20-16(22)11-24-15-5-2-4-14(10-15)21-9-3-6-17(21)23/h2,4-5,10,13H,3,6-9,11-12,19H2,1H3,(H,20,22). The van der Waals surface area contributed by atoms with Crippen LogP contribution in [-0.2, 0) is 9.59 Å². The van der Waals surface area contributed by atoms with Crippen LogP contribution in [0, 0.1) is 5.92 Å². The van der Waals surface area contributed by atoms with Crippen molar-refractivity contribution in [3.05, 3.63) is 24.3 Å². The zero-order valence-corrected chi connectivity index (χ0v) is 14.1. The Kier molecular flexibility index (Phi) is 4.76. The van der Waals surface area contributed by atoms with Crippen LogP contribution in [0.25, 0.3) is 0 Å². The Morgan fingerprint density at radius 3 is 2.88 bits per heavy atom. The Morgan fingerprint density at radius 1 is 1.46 bits per heavy atom. The van der Waals surface area contributed by atoms with Crippen molar-refractivity contribution in [2.24, 2.45) is 11.7 Å². The maximum Gasteiger partial charge on any atom is 0.258 e. The lowest BCUT2D eigenvalue weighted by Gasteiger charge is -2.29. The largest absolute Gasteiger partial charge is 0.484 e. The number of carbonyl (C=O) groups excluding carboxylic acids is 2. The molecule has 0 spiro atoms. The highest BCUT2D eigenvalue weighted by atomic mass is 16.5. The van der Waals surface area contributed by atoms with E-state index in [-0.39, 0.29) is 24.0 Å². The van der Waals surface area contributed by atoms with Crippen LogP contribution in [0.15, 0.2) is 24.3 Å². The maximum atomic E-state index is 12.2. The van der Waals surface area contributed by atoms with Crippen LogP contribution in [0.5, 0.6) is 5.75 Å². The SMILES string of the molecule is CC(CN)(NC(=O)COc1cccc(N2CCCC2=O)c1)C1CC1. The van der Waals surface area contributed by atoms with Gasteiger partial charge in [-0.15, -0.1) is 0 Å². The van der Waals surface area contributed by atoms with Crippen LogP contribution in [0.4, 0.5) is 5.69 Å². The second-order valence-electron chi connectivity index (χ2n) is 6.88. The first-order chi connectivity index (χ1) is 11.5. The topological polar surface area (TPSA) is 84.7 Å². The number of ether oxygens (including phenoxy) is 1. The van der Waals surface area contributed by atoms with E-state index in [1.807, 2.05) is 19.1 Å². The number of carbonyl (C=O) groups is 2. The summed E-state index contributed by atoms with van der Waals surface area (Å²) in [4.78, 5) is 25.7. The highest BCUT2D eigenvalue weighted by Gasteiger charge is 2.41. The summed E-state index contributed by atoms with van der Waals surface area (Å²) in [6.07, 6.45) is 3.69. The van der Waals surface area contributed by atoms with E-state index < -0.39 is 0 Å². The van der Waals surface area contributed by atoms with Gasteiger partial charge in [0.1, 0.15) is 5.75 Å². The molecule has 6 nitrogen and oxygen atoms in total. The quantitative estimate of drug-likeness (QED) is 0.792. The molecule has 1 aromatic rings. The highest BCUT2D eigenvalue weighted by Crippen LogP contribution is 2.38. The molecule has 2 amide bonds. The summed E-state index contributed by atoms with van der Waals surface area (Å²) in [5.41, 5.74) is 6.29. The summed E-state index contributed by atoms with van der Waals surface area (Å²) >= 11 is 0. The summed E-state index contributed by atoms with van der Waals surface area (Å²) in [6, 6.07) is 7.32. The van der Waals surface area contributed by atoms with E-state index in [1.165, 1.54) is 0 Å². The molecule has 2 fully saturated rings. The zero-order chi connectivity index (χ0) is 17.2. The van der Waals surface area contributed by atoms with Gasteiger partial charge in [0.2, 0.25) is 5.91 Å². The summed E-state index contributed by atoms with van der Waals surface area (Å²) in [5, 5.41) is 3.00. The Bertz CT molecular complexity index is 630. The summed E-state index contributed by atoms with van der Waals surface area (Å²) in [7, 11) is 0. The third-order valence-corrected chi connectivity index (χ3v) is 4.90. The molecule has 3 N–H and O–H groups in total. The van der Waals surface area contributed by atoms with Crippen molar-refractivity contribution in [1.29, 1.82) is 0 Å². The molecule has 3 rings (SSSR count). The Morgan fingerprint density at radius 2 is 2.25 bits per heavy atom. The van der Waals surface area contributed by atoms with Gasteiger partial charge in [-0.3, -0.25) is 9.59 Å². The van der Waals surface area contributed by atoms with Gasteiger partial charge >= 0.3 is 0 Å². The number of hydrogen-bond acceptors (Lipinski definition) is 4. The van der Waals surface area contributed by atoms with Crippen molar-refractivity contribution in [3.8, 4) is 5.75 Å². The van der Waals surface area contributed by atoms with Gasteiger partial charge in [0.05, 0.1) is 5.54 Å². The Balaban J connectivity index is 1.56. The van der Waals surface area contributed by atoms with Crippen molar-refractivity contribution in [3.63, 3.8) is 0 Å². The van der Waals surface area contributed by atoms with E-state index in [0.29, 0.717) is 24.6 Å². The van der Waals surface area contributed by atoms with E-state index in [0.717, 1.165) is 31.5 Å². The number of nitrogens with one attached hydrogen (secondary N) is 1. The van der Waals surface area contributed by atoms with E-state index >= 15 is 0 Å². The average Bonchev–Trinajstić information content (AvgIpc) is 3.36. The number of rotatable bonds is 7. The van der Waals surface area contributed by atoms with Crippen LogP contribution < -0.4 is 20.7 Å². The van der Waals surface area contributed by atoms with Crippen molar-refractivity contribution in [2.75, 3.05) is 24.6 Å². The third-order valence-electron chi connectivity index (χ3n) is 4.90. The summed E-state index contributed by atoms with van der Waals surface area (Å²) in [5.74, 6) is 1.02. The van der Waals surface area contributed by atoms with Crippen molar-refractivity contribution < 1.29 is 14.3 Å². The van der Waals surface area contributed by atoms with Crippen molar-refractivity contribution in [1.82, 2.24) is 5.32 Å². The molecular formula is C18H25N3O3. The van der Waals surface area contributed by atoms with E-state index in [2.05, 4.69) is 5.32 Å². The van der Waals surface area contributed by atoms with Gasteiger partial charge in [0, 0.05) is 31.3 Å². The van der Waals surface area contributed by atoms with Gasteiger partial charge in [0.15, 0.2) is 6.61 Å². The van der Waals surface area contributed by atoms with E-state index in [1.54, 1.807) is 17.0 Å². The molecule has 1 saturated carbocycles. The molecule has 1 unspecified atom stereocenters. The fourth-order valence-corrected chi connectivity index (χ4v) is 3.21. The molecule has 0 bridgehead atoms. The van der Waals surface area contributed by atoms with Crippen molar-refractivity contribution >= 4 is 17.5 Å². The van der Waals surface area contributed by atoms with Crippen LogP contribution in [-0.4, -0.2) is 37.0 Å². The first-order valence-corrected chi connectivity index (χ1v) is 8.56. The predicted molar refractivity (Wildman–Crippen MR) is 91.9 cm³/mol. The number of benzene rings is 1. The average molecular weight is 331 g/mol. The minimum atomic E-state index is -0.343. The molecule has 0 aromatic heterocycles. The van der Waals surface area contributed by atoms with Gasteiger partial charge in [-0.2, -0.15) is 0 Å². The van der Waals surface area contributed by atoms with Gasteiger partial charge in [-0.1, -0.05) is 6.07 Å².